The number of phenols is 1. The van der Waals surface area contributed by atoms with Crippen LogP contribution in [-0.4, -0.2) is 68.5 Å². The van der Waals surface area contributed by atoms with Crippen molar-refractivity contribution in [3.05, 3.63) is 45.3 Å². The molecule has 2 aromatic rings. The number of aliphatic carboxylic acids is 1. The Hall–Kier alpha value is -3.44. The van der Waals surface area contributed by atoms with Gasteiger partial charge in [0.1, 0.15) is 10.8 Å². The van der Waals surface area contributed by atoms with Crippen molar-refractivity contribution < 1.29 is 34.5 Å². The van der Waals surface area contributed by atoms with Crippen molar-refractivity contribution in [1.29, 1.82) is 0 Å². The van der Waals surface area contributed by atoms with E-state index in [0.717, 1.165) is 16.2 Å². The van der Waals surface area contributed by atoms with Crippen LogP contribution in [0.25, 0.3) is 0 Å². The number of hydrogen-bond acceptors (Lipinski definition) is 7. The highest BCUT2D eigenvalue weighted by molar-refractivity contribution is 7.17. The smallest absolute Gasteiger partial charge is 0.394 e. The van der Waals surface area contributed by atoms with E-state index in [-0.39, 0.29) is 34.8 Å². The molecule has 1 aromatic heterocycles. The molecule has 0 saturated carbocycles. The Kier molecular flexibility index (Phi) is 5.15. The van der Waals surface area contributed by atoms with Crippen LogP contribution >= 0.6 is 11.3 Å². The highest BCUT2D eigenvalue weighted by atomic mass is 32.1. The van der Waals surface area contributed by atoms with E-state index in [4.69, 9.17) is 5.11 Å². The van der Waals surface area contributed by atoms with E-state index in [0.29, 0.717) is 36.2 Å². The standard InChI is InChI=1S/C20H19N3O7S/c1-22-8-14-11(15(19(27)28)17(31-14)21-16(25)20(29)30)5-9(22)6-23-7-12-10(18(23)26)3-2-4-13(12)24/h2-4,9,24H,5-8H2,1H3,(H,21,25)(H,27,28)(H,29,30). The maximum Gasteiger partial charge on any atom is 0.394 e. The molecule has 1 aromatic carbocycles. The summed E-state index contributed by atoms with van der Waals surface area (Å²) in [5.74, 6) is -4.38. The molecule has 0 bridgehead atoms. The van der Waals surface area contributed by atoms with Gasteiger partial charge in [-0.2, -0.15) is 0 Å². The van der Waals surface area contributed by atoms with Crippen LogP contribution in [0.3, 0.4) is 0 Å². The summed E-state index contributed by atoms with van der Waals surface area (Å²) in [7, 11) is 1.86. The maximum atomic E-state index is 12.7. The molecule has 0 fully saturated rings. The Labute approximate surface area is 180 Å². The van der Waals surface area contributed by atoms with Crippen molar-refractivity contribution >= 4 is 40.1 Å². The molecule has 162 valence electrons. The van der Waals surface area contributed by atoms with Gasteiger partial charge in [0.25, 0.3) is 5.91 Å². The summed E-state index contributed by atoms with van der Waals surface area (Å²) in [5, 5.41) is 30.7. The molecule has 0 aliphatic carbocycles. The lowest BCUT2D eigenvalue weighted by molar-refractivity contribution is -0.147. The highest BCUT2D eigenvalue weighted by Crippen LogP contribution is 2.39. The lowest BCUT2D eigenvalue weighted by Crippen LogP contribution is -2.45. The van der Waals surface area contributed by atoms with E-state index in [2.05, 4.69) is 5.32 Å². The fourth-order valence-corrected chi connectivity index (χ4v) is 5.33. The summed E-state index contributed by atoms with van der Waals surface area (Å²) in [5.41, 5.74) is 1.46. The minimum Gasteiger partial charge on any atom is -0.508 e. The average Bonchev–Trinajstić information content (AvgIpc) is 3.20. The molecule has 1 unspecified atom stereocenters. The number of aromatic carboxylic acids is 1. The number of benzene rings is 1. The first kappa shape index (κ1) is 20.8. The second-order valence-electron chi connectivity index (χ2n) is 7.53. The zero-order valence-corrected chi connectivity index (χ0v) is 17.2. The summed E-state index contributed by atoms with van der Waals surface area (Å²) in [6.07, 6.45) is 0.318. The first-order valence-electron chi connectivity index (χ1n) is 9.39. The summed E-state index contributed by atoms with van der Waals surface area (Å²) in [6.45, 7) is 0.996. The fraction of sp³-hybridized carbons (Fsp3) is 0.300. The van der Waals surface area contributed by atoms with Crippen molar-refractivity contribution in [1.82, 2.24) is 9.80 Å². The molecule has 11 heteroatoms. The van der Waals surface area contributed by atoms with Gasteiger partial charge >= 0.3 is 17.8 Å². The quantitative estimate of drug-likeness (QED) is 0.513. The molecule has 10 nitrogen and oxygen atoms in total. The Morgan fingerprint density at radius 2 is 1.94 bits per heavy atom. The number of aromatic hydroxyl groups is 1. The van der Waals surface area contributed by atoms with E-state index in [9.17, 15) is 29.4 Å². The number of anilines is 1. The number of thiophene rings is 1. The normalized spacial score (nSPS) is 17.9. The van der Waals surface area contributed by atoms with E-state index in [1.807, 2.05) is 11.9 Å². The maximum absolute atomic E-state index is 12.7. The lowest BCUT2D eigenvalue weighted by atomic mass is 9.96. The number of nitrogens with zero attached hydrogens (tertiary/aromatic N) is 2. The number of carbonyl (C=O) groups excluding carboxylic acids is 2. The van der Waals surface area contributed by atoms with Crippen LogP contribution in [0.1, 0.15) is 36.7 Å². The van der Waals surface area contributed by atoms with Crippen molar-refractivity contribution in [2.75, 3.05) is 18.9 Å². The number of carboxylic acid groups (broad SMARTS) is 2. The summed E-state index contributed by atoms with van der Waals surface area (Å²) >= 11 is 1.05. The van der Waals surface area contributed by atoms with Crippen LogP contribution in [0.2, 0.25) is 0 Å². The number of amides is 2. The number of rotatable bonds is 4. The Morgan fingerprint density at radius 3 is 2.58 bits per heavy atom. The Bertz CT molecular complexity index is 1130. The van der Waals surface area contributed by atoms with Gasteiger partial charge in [-0.05, 0) is 31.2 Å². The molecule has 4 rings (SSSR count). The van der Waals surface area contributed by atoms with Gasteiger partial charge in [0, 0.05) is 35.1 Å². The predicted octanol–water partition coefficient (Wildman–Crippen LogP) is 1.19. The third-order valence-corrected chi connectivity index (χ3v) is 6.76. The fourth-order valence-electron chi connectivity index (χ4n) is 4.05. The Morgan fingerprint density at radius 1 is 1.19 bits per heavy atom. The van der Waals surface area contributed by atoms with Crippen molar-refractivity contribution in [3.8, 4) is 5.75 Å². The van der Waals surface area contributed by atoms with Gasteiger partial charge in [-0.15, -0.1) is 11.3 Å². The summed E-state index contributed by atoms with van der Waals surface area (Å²) in [6, 6.07) is 4.63. The van der Waals surface area contributed by atoms with Crippen LogP contribution in [0.5, 0.6) is 5.75 Å². The summed E-state index contributed by atoms with van der Waals surface area (Å²) in [4.78, 5) is 51.4. The minimum atomic E-state index is -1.70. The molecule has 0 saturated heterocycles. The first-order valence-corrected chi connectivity index (χ1v) is 10.2. The zero-order chi connectivity index (χ0) is 22.4. The highest BCUT2D eigenvalue weighted by Gasteiger charge is 2.36. The second kappa shape index (κ2) is 7.67. The van der Waals surface area contributed by atoms with Crippen LogP contribution in [0.15, 0.2) is 18.2 Å². The minimum absolute atomic E-state index is 0.00599. The largest absolute Gasteiger partial charge is 0.508 e. The van der Waals surface area contributed by atoms with Gasteiger partial charge < -0.3 is 25.5 Å². The molecule has 0 spiro atoms. The van der Waals surface area contributed by atoms with Crippen LogP contribution in [-0.2, 0) is 29.1 Å². The number of nitrogens with one attached hydrogen (secondary N) is 1. The third-order valence-electron chi connectivity index (χ3n) is 5.63. The van der Waals surface area contributed by atoms with Gasteiger partial charge in [-0.25, -0.2) is 9.59 Å². The van der Waals surface area contributed by atoms with Crippen molar-refractivity contribution in [3.63, 3.8) is 0 Å². The molecule has 3 heterocycles. The number of fused-ring (bicyclic) bond motifs is 2. The Balaban J connectivity index is 1.58. The van der Waals surface area contributed by atoms with Crippen molar-refractivity contribution in [2.45, 2.75) is 25.6 Å². The molecule has 2 amide bonds. The van der Waals surface area contributed by atoms with E-state index >= 15 is 0 Å². The molecule has 4 N–H and O–H groups in total. The van der Waals surface area contributed by atoms with E-state index < -0.39 is 17.8 Å². The molecule has 0 radical (unpaired) electrons. The van der Waals surface area contributed by atoms with E-state index in [1.165, 1.54) is 6.07 Å². The van der Waals surface area contributed by atoms with E-state index in [1.54, 1.807) is 17.0 Å². The number of carbonyl (C=O) groups is 4. The van der Waals surface area contributed by atoms with Crippen LogP contribution < -0.4 is 5.32 Å². The molecule has 2 aliphatic heterocycles. The molecular formula is C20H19N3O7S. The third kappa shape index (κ3) is 3.62. The second-order valence-corrected chi connectivity index (χ2v) is 8.64. The van der Waals surface area contributed by atoms with Crippen molar-refractivity contribution in [2.24, 2.45) is 0 Å². The van der Waals surface area contributed by atoms with Gasteiger partial charge in [-0.1, -0.05) is 6.07 Å². The molecule has 2 aliphatic rings. The monoisotopic (exact) mass is 445 g/mol. The van der Waals surface area contributed by atoms with Gasteiger partial charge in [0.2, 0.25) is 0 Å². The number of carboxylic acids is 2. The molecule has 31 heavy (non-hydrogen) atoms. The summed E-state index contributed by atoms with van der Waals surface area (Å²) < 4.78 is 0. The van der Waals surface area contributed by atoms with Gasteiger partial charge in [-0.3, -0.25) is 14.5 Å². The number of likely N-dealkylation sites (N-methyl/N-ethyl adjacent to an activating group) is 1. The SMILES string of the molecule is CN1Cc2sc(NC(=O)C(=O)O)c(C(=O)O)c2CC1CN1Cc2c(O)cccc2C1=O. The zero-order valence-electron chi connectivity index (χ0n) is 16.4. The molecular weight excluding hydrogens is 426 g/mol. The van der Waals surface area contributed by atoms with Crippen LogP contribution in [0, 0.1) is 0 Å². The number of phenolic OH excluding ortho intramolecular Hbond substituents is 1. The number of hydrogen-bond donors (Lipinski definition) is 4. The average molecular weight is 445 g/mol. The van der Waals surface area contributed by atoms with Crippen LogP contribution in [0.4, 0.5) is 5.00 Å². The lowest BCUT2D eigenvalue weighted by Gasteiger charge is -2.35. The topological polar surface area (TPSA) is 147 Å². The predicted molar refractivity (Wildman–Crippen MR) is 109 cm³/mol. The van der Waals surface area contributed by atoms with Gasteiger partial charge in [0.15, 0.2) is 0 Å². The molecule has 1 atom stereocenters. The first-order chi connectivity index (χ1) is 14.7. The van der Waals surface area contributed by atoms with Gasteiger partial charge in [0.05, 0.1) is 12.1 Å².